The number of pyridine rings is 2. The number of anilines is 1. The van der Waals surface area contributed by atoms with E-state index in [1.54, 1.807) is 68.9 Å². The van der Waals surface area contributed by atoms with Gasteiger partial charge in [0.1, 0.15) is 37.7 Å². The molecule has 2 aromatic carbocycles. The van der Waals surface area contributed by atoms with Crippen LogP contribution in [-0.4, -0.2) is 137 Å². The molecular weight excluding hydrogens is 1260 g/mol. The van der Waals surface area contributed by atoms with E-state index < -0.39 is 74.6 Å². The Hall–Kier alpha value is -5.21. The van der Waals surface area contributed by atoms with E-state index in [4.69, 9.17) is 49.4 Å². The number of aliphatic hydroxyl groups is 2. The standard InChI is InChI=1S/C27H31BrClF2N5O4.C17H12BrCl2F2N3O.C10H20N2O3/c1-13(2)21-22(14(3)7-8-32-21)36-23-16(17(28)19(30)18(29)20(23)31)24(33-25(36)38)35-10-9-34(11-15(35)12-37)26(39)40-27(4,5)6;1-6(2)13-14(7(3)4-5-23-13)25-15-8(16(20)24-17(25)26)9(18)11(21)10(19)12(15)22;1-10(2,3)15-9(14)12-5-4-11-8(6-12)7-13/h7-8,13,15,37H,9-12H2,1-6H3;4-6H,1-3H3;8,11,13H,4-7H2,1-3H3/t15-;;8-/m1.1/s1. The van der Waals surface area contributed by atoms with Crippen LogP contribution in [-0.2, 0) is 9.47 Å². The summed E-state index contributed by atoms with van der Waals surface area (Å²) < 4.78 is 72.8. The number of rotatable bonds is 7. The van der Waals surface area contributed by atoms with E-state index in [2.05, 4.69) is 57.1 Å². The molecule has 2 aliphatic rings. The second-order valence-electron chi connectivity index (χ2n) is 21.8. The molecule has 4 aromatic heterocycles. The number of fused-ring (bicyclic) bond motifs is 2. The number of carbonyl (C=O) groups excluding carboxylic acids is 2. The molecule has 0 aliphatic carbocycles. The lowest BCUT2D eigenvalue weighted by molar-refractivity contribution is 0.0169. The summed E-state index contributed by atoms with van der Waals surface area (Å²) in [7, 11) is 0. The highest BCUT2D eigenvalue weighted by Crippen LogP contribution is 2.42. The fourth-order valence-corrected chi connectivity index (χ4v) is 11.1. The van der Waals surface area contributed by atoms with Crippen molar-refractivity contribution in [3.8, 4) is 11.4 Å². The number of aromatic nitrogens is 6. The van der Waals surface area contributed by atoms with Crippen LogP contribution in [0.2, 0.25) is 15.2 Å². The van der Waals surface area contributed by atoms with Gasteiger partial charge in [0.2, 0.25) is 0 Å². The number of hydrogen-bond donors (Lipinski definition) is 3. The smallest absolute Gasteiger partial charge is 0.410 e. The van der Waals surface area contributed by atoms with Crippen molar-refractivity contribution in [3.63, 3.8) is 0 Å². The van der Waals surface area contributed by atoms with Crippen LogP contribution in [0.15, 0.2) is 43.1 Å². The lowest BCUT2D eigenvalue weighted by Gasteiger charge is -2.42. The molecule has 440 valence electrons. The summed E-state index contributed by atoms with van der Waals surface area (Å²) >= 11 is 24.1. The largest absolute Gasteiger partial charge is 0.444 e. The van der Waals surface area contributed by atoms with Crippen molar-refractivity contribution in [3.05, 3.63) is 115 Å². The fraction of sp³-hybridized carbons (Fsp3) is 0.481. The number of ether oxygens (including phenoxy) is 2. The van der Waals surface area contributed by atoms with Crippen molar-refractivity contribution in [1.29, 1.82) is 0 Å². The quantitative estimate of drug-likeness (QED) is 0.0588. The molecule has 0 saturated carbocycles. The Kier molecular flexibility index (Phi) is 21.0. The number of aliphatic hydroxyl groups excluding tert-OH is 2. The van der Waals surface area contributed by atoms with Gasteiger partial charge in [-0.15, -0.1) is 0 Å². The Morgan fingerprint density at radius 1 is 0.691 bits per heavy atom. The zero-order valence-electron chi connectivity index (χ0n) is 46.5. The van der Waals surface area contributed by atoms with Crippen molar-refractivity contribution in [2.75, 3.05) is 57.4 Å². The zero-order chi connectivity index (χ0) is 60.5. The number of piperazine rings is 2. The number of amides is 2. The first kappa shape index (κ1) is 65.0. The van der Waals surface area contributed by atoms with Gasteiger partial charge >= 0.3 is 23.6 Å². The van der Waals surface area contributed by atoms with Gasteiger partial charge in [-0.1, -0.05) is 62.5 Å². The maximum atomic E-state index is 15.9. The number of nitrogens with zero attached hydrogens (tertiary/aromatic N) is 9. The molecule has 0 bridgehead atoms. The molecule has 6 aromatic rings. The summed E-state index contributed by atoms with van der Waals surface area (Å²) in [5, 5.41) is 20.4. The predicted octanol–water partition coefficient (Wildman–Crippen LogP) is 11.1. The topological polar surface area (TPSA) is 210 Å². The molecule has 0 unspecified atom stereocenters. The van der Waals surface area contributed by atoms with Crippen LogP contribution in [0, 0.1) is 37.1 Å². The molecule has 18 nitrogen and oxygen atoms in total. The number of hydrogen-bond acceptors (Lipinski definition) is 14. The Balaban J connectivity index is 0.000000219. The third-order valence-corrected chi connectivity index (χ3v) is 15.2. The van der Waals surface area contributed by atoms with Gasteiger partial charge in [-0.2, -0.15) is 9.97 Å². The summed E-state index contributed by atoms with van der Waals surface area (Å²) in [4.78, 5) is 72.2. The molecule has 0 spiro atoms. The SMILES string of the molecule is CC(C)(C)OC(=O)N1CCN[C@@H](CO)C1.Cc1ccnc(C(C)C)c1-n1c(=O)nc(Cl)c2c(Br)c(F)c(Cl)c(F)c21.Cc1ccnc(C(C)C)c1-n1c(=O)nc(N2CCN(C(=O)OC(C)(C)C)C[C@@H]2CO)c2c(Br)c(F)c(Cl)c(F)c21. The lowest BCUT2D eigenvalue weighted by Crippen LogP contribution is -2.57. The minimum Gasteiger partial charge on any atom is -0.444 e. The summed E-state index contributed by atoms with van der Waals surface area (Å²) in [6.45, 7) is 23.6. The number of carbonyl (C=O) groups is 2. The highest BCUT2D eigenvalue weighted by molar-refractivity contribution is 9.11. The average Bonchev–Trinajstić information content (AvgIpc) is 3.59. The normalized spacial score (nSPS) is 15.9. The van der Waals surface area contributed by atoms with Gasteiger partial charge in [0.25, 0.3) is 0 Å². The first-order valence-electron chi connectivity index (χ1n) is 25.6. The fourth-order valence-electron chi connectivity index (χ4n) is 9.05. The first-order chi connectivity index (χ1) is 37.8. The van der Waals surface area contributed by atoms with Gasteiger partial charge in [-0.25, -0.2) is 36.7 Å². The third-order valence-electron chi connectivity index (χ3n) is 12.7. The summed E-state index contributed by atoms with van der Waals surface area (Å²) in [5.41, 5.74) is -0.275. The molecular formula is C54H63Br2Cl3F4N10O8. The third kappa shape index (κ3) is 14.1. The van der Waals surface area contributed by atoms with Crippen molar-refractivity contribution < 1.29 is 46.8 Å². The summed E-state index contributed by atoms with van der Waals surface area (Å²) in [6, 6.07) is 2.59. The minimum absolute atomic E-state index is 0.0348. The molecule has 2 aliphatic heterocycles. The highest BCUT2D eigenvalue weighted by Gasteiger charge is 2.37. The molecule has 0 radical (unpaired) electrons. The zero-order valence-corrected chi connectivity index (χ0v) is 52.0. The van der Waals surface area contributed by atoms with E-state index >= 15 is 8.78 Å². The Morgan fingerprint density at radius 2 is 1.14 bits per heavy atom. The van der Waals surface area contributed by atoms with E-state index in [1.807, 2.05) is 48.5 Å². The monoisotopic (exact) mass is 1320 g/mol. The van der Waals surface area contributed by atoms with Crippen molar-refractivity contribution in [2.24, 2.45) is 0 Å². The maximum absolute atomic E-state index is 15.9. The predicted molar refractivity (Wildman–Crippen MR) is 311 cm³/mol. The maximum Gasteiger partial charge on any atom is 0.410 e. The molecule has 81 heavy (non-hydrogen) atoms. The van der Waals surface area contributed by atoms with Crippen LogP contribution in [0.25, 0.3) is 33.2 Å². The van der Waals surface area contributed by atoms with E-state index in [0.717, 1.165) is 9.13 Å². The Labute approximate surface area is 497 Å². The van der Waals surface area contributed by atoms with Gasteiger partial charge in [-0.05, 0) is 122 Å². The minimum atomic E-state index is -1.14. The Bertz CT molecular complexity index is 3510. The molecule has 27 heteroatoms. The molecule has 6 heterocycles. The van der Waals surface area contributed by atoms with Crippen LogP contribution in [0.4, 0.5) is 33.0 Å². The van der Waals surface area contributed by atoms with E-state index in [-0.39, 0.29) is 91.9 Å². The molecule has 2 fully saturated rings. The molecule has 2 atom stereocenters. The van der Waals surface area contributed by atoms with Crippen LogP contribution >= 0.6 is 66.7 Å². The summed E-state index contributed by atoms with van der Waals surface area (Å²) in [6.07, 6.45) is 2.33. The van der Waals surface area contributed by atoms with Crippen LogP contribution < -0.4 is 21.6 Å². The first-order valence-corrected chi connectivity index (χ1v) is 28.3. The van der Waals surface area contributed by atoms with Crippen molar-refractivity contribution in [2.45, 2.75) is 118 Å². The highest BCUT2D eigenvalue weighted by atomic mass is 79.9. The average molecular weight is 1320 g/mol. The number of nitrogens with one attached hydrogen (secondary N) is 1. The van der Waals surface area contributed by atoms with Gasteiger partial charge in [-0.3, -0.25) is 19.1 Å². The number of halogens is 9. The molecule has 2 amide bonds. The van der Waals surface area contributed by atoms with Crippen LogP contribution in [0.5, 0.6) is 0 Å². The van der Waals surface area contributed by atoms with Gasteiger partial charge in [0.05, 0.1) is 67.3 Å². The lowest BCUT2D eigenvalue weighted by atomic mass is 10.0. The van der Waals surface area contributed by atoms with Gasteiger partial charge < -0.3 is 39.7 Å². The molecule has 3 N–H and O–H groups in total. The van der Waals surface area contributed by atoms with Gasteiger partial charge in [0.15, 0.2) is 23.3 Å². The van der Waals surface area contributed by atoms with E-state index in [1.165, 1.54) is 4.90 Å². The van der Waals surface area contributed by atoms with E-state index in [0.29, 0.717) is 53.5 Å². The van der Waals surface area contributed by atoms with Crippen LogP contribution in [0.1, 0.15) is 104 Å². The second kappa shape index (κ2) is 26.2. The van der Waals surface area contributed by atoms with Crippen molar-refractivity contribution >= 4 is 106 Å². The number of aryl methyl sites for hydroxylation is 2. The van der Waals surface area contributed by atoms with Crippen LogP contribution in [0.3, 0.4) is 0 Å². The summed E-state index contributed by atoms with van der Waals surface area (Å²) in [5.74, 6) is -4.56. The van der Waals surface area contributed by atoms with Crippen molar-refractivity contribution in [1.82, 2.24) is 44.2 Å². The van der Waals surface area contributed by atoms with E-state index in [9.17, 15) is 33.1 Å². The number of benzene rings is 2. The Morgan fingerprint density at radius 3 is 1.58 bits per heavy atom. The van der Waals surface area contributed by atoms with Gasteiger partial charge in [0, 0.05) is 57.7 Å². The second-order valence-corrected chi connectivity index (χ2v) is 24.5. The molecule has 2 saturated heterocycles. The molecule has 8 rings (SSSR count).